The number of carbonyl (C=O) groups is 1. The lowest BCUT2D eigenvalue weighted by atomic mass is 10.2. The maximum Gasteiger partial charge on any atom is 0.257 e. The lowest BCUT2D eigenvalue weighted by Gasteiger charge is -2.34. The van der Waals surface area contributed by atoms with E-state index in [1.54, 1.807) is 13.2 Å². The first-order chi connectivity index (χ1) is 14.1. The fourth-order valence-corrected chi connectivity index (χ4v) is 3.26. The van der Waals surface area contributed by atoms with E-state index in [1.807, 2.05) is 42.2 Å². The van der Waals surface area contributed by atoms with Gasteiger partial charge in [-0.1, -0.05) is 0 Å². The van der Waals surface area contributed by atoms with Gasteiger partial charge in [0.25, 0.3) is 5.91 Å². The maximum atomic E-state index is 12.5. The van der Waals surface area contributed by atoms with E-state index >= 15 is 0 Å². The van der Waals surface area contributed by atoms with Crippen LogP contribution in [0, 0.1) is 6.92 Å². The van der Waals surface area contributed by atoms with Gasteiger partial charge in [0.2, 0.25) is 5.95 Å². The summed E-state index contributed by atoms with van der Waals surface area (Å²) in [6, 6.07) is 11.3. The molecule has 3 aromatic rings. The molecule has 1 aliphatic heterocycles. The van der Waals surface area contributed by atoms with Crippen LogP contribution >= 0.6 is 0 Å². The zero-order valence-corrected chi connectivity index (χ0v) is 16.5. The number of hydrogen-bond acceptors (Lipinski definition) is 7. The first-order valence-corrected chi connectivity index (χ1v) is 9.45. The third kappa shape index (κ3) is 4.31. The lowest BCUT2D eigenvalue weighted by molar-refractivity contribution is 0.0745. The van der Waals surface area contributed by atoms with Crippen molar-refractivity contribution in [3.05, 3.63) is 60.2 Å². The molecule has 1 N–H and O–H groups in total. The number of aromatic nitrogens is 2. The molecule has 0 bridgehead atoms. The van der Waals surface area contributed by atoms with Crippen LogP contribution in [-0.4, -0.2) is 54.1 Å². The maximum absolute atomic E-state index is 12.5. The third-order valence-electron chi connectivity index (χ3n) is 4.82. The molecular formula is C21H23N5O3. The van der Waals surface area contributed by atoms with Gasteiger partial charge in [-0.25, -0.2) is 4.98 Å². The SMILES string of the molecule is COc1ccc(Nc2cc(C)nc(N3CCN(C(=O)c4ccoc4)CC3)n2)cc1. The van der Waals surface area contributed by atoms with E-state index in [0.717, 1.165) is 22.9 Å². The van der Waals surface area contributed by atoms with Crippen LogP contribution in [0.5, 0.6) is 5.75 Å². The molecule has 0 aliphatic carbocycles. The van der Waals surface area contributed by atoms with Gasteiger partial charge in [-0.2, -0.15) is 4.98 Å². The number of methoxy groups -OCH3 is 1. The second-order valence-electron chi connectivity index (χ2n) is 6.84. The smallest absolute Gasteiger partial charge is 0.257 e. The first-order valence-electron chi connectivity index (χ1n) is 9.45. The monoisotopic (exact) mass is 393 g/mol. The van der Waals surface area contributed by atoms with Crippen molar-refractivity contribution >= 4 is 23.4 Å². The lowest BCUT2D eigenvalue weighted by Crippen LogP contribution is -2.49. The Morgan fingerprint density at radius 2 is 1.86 bits per heavy atom. The number of furan rings is 1. The molecule has 150 valence electrons. The largest absolute Gasteiger partial charge is 0.497 e. The number of nitrogens with zero attached hydrogens (tertiary/aromatic N) is 4. The van der Waals surface area contributed by atoms with Crippen molar-refractivity contribution in [1.29, 1.82) is 0 Å². The minimum absolute atomic E-state index is 0.00887. The quantitative estimate of drug-likeness (QED) is 0.713. The van der Waals surface area contributed by atoms with Crippen LogP contribution in [0.25, 0.3) is 0 Å². The molecule has 0 saturated carbocycles. The number of anilines is 3. The van der Waals surface area contributed by atoms with E-state index in [0.29, 0.717) is 37.7 Å². The topological polar surface area (TPSA) is 83.7 Å². The molecule has 0 spiro atoms. The summed E-state index contributed by atoms with van der Waals surface area (Å²) in [5.41, 5.74) is 2.38. The molecule has 8 nitrogen and oxygen atoms in total. The molecule has 3 heterocycles. The van der Waals surface area contributed by atoms with Crippen LogP contribution in [0.15, 0.2) is 53.3 Å². The van der Waals surface area contributed by atoms with E-state index < -0.39 is 0 Å². The van der Waals surface area contributed by atoms with Crippen molar-refractivity contribution in [2.24, 2.45) is 0 Å². The normalized spacial score (nSPS) is 14.0. The molecule has 1 aliphatic rings. The molecule has 0 unspecified atom stereocenters. The first kappa shape index (κ1) is 18.8. The number of piperazine rings is 1. The number of amides is 1. The predicted molar refractivity (Wildman–Crippen MR) is 110 cm³/mol. The highest BCUT2D eigenvalue weighted by atomic mass is 16.5. The minimum Gasteiger partial charge on any atom is -0.497 e. The molecule has 29 heavy (non-hydrogen) atoms. The molecule has 1 saturated heterocycles. The Bertz CT molecular complexity index is 964. The Labute approximate surface area is 169 Å². The van der Waals surface area contributed by atoms with Gasteiger partial charge in [-0.15, -0.1) is 0 Å². The Morgan fingerprint density at radius 3 is 2.52 bits per heavy atom. The van der Waals surface area contributed by atoms with E-state index in [1.165, 1.54) is 12.5 Å². The van der Waals surface area contributed by atoms with Crippen LogP contribution in [0.1, 0.15) is 16.1 Å². The Kier molecular flexibility index (Phi) is 5.33. The zero-order chi connectivity index (χ0) is 20.2. The second-order valence-corrected chi connectivity index (χ2v) is 6.84. The fourth-order valence-electron chi connectivity index (χ4n) is 3.26. The van der Waals surface area contributed by atoms with Gasteiger partial charge in [0.1, 0.15) is 17.8 Å². The second kappa shape index (κ2) is 8.22. The van der Waals surface area contributed by atoms with Crippen LogP contribution in [-0.2, 0) is 0 Å². The number of benzene rings is 1. The van der Waals surface area contributed by atoms with Crippen LogP contribution in [0.3, 0.4) is 0 Å². The molecule has 0 radical (unpaired) electrons. The van der Waals surface area contributed by atoms with Crippen molar-refractivity contribution < 1.29 is 13.9 Å². The molecule has 1 fully saturated rings. The number of hydrogen-bond donors (Lipinski definition) is 1. The molecule has 2 aromatic heterocycles. The molecule has 0 atom stereocenters. The summed E-state index contributed by atoms with van der Waals surface area (Å²) in [7, 11) is 1.64. The summed E-state index contributed by atoms with van der Waals surface area (Å²) in [4.78, 5) is 25.6. The molecule has 8 heteroatoms. The van der Waals surface area contributed by atoms with E-state index in [2.05, 4.69) is 20.2 Å². The zero-order valence-electron chi connectivity index (χ0n) is 16.5. The molecular weight excluding hydrogens is 370 g/mol. The van der Waals surface area contributed by atoms with Crippen molar-refractivity contribution in [2.45, 2.75) is 6.92 Å². The van der Waals surface area contributed by atoms with Crippen molar-refractivity contribution in [2.75, 3.05) is 43.5 Å². The number of ether oxygens (including phenoxy) is 1. The van der Waals surface area contributed by atoms with Gasteiger partial charge in [-0.05, 0) is 37.3 Å². The molecule has 4 rings (SSSR count). The summed E-state index contributed by atoms with van der Waals surface area (Å²) >= 11 is 0. The van der Waals surface area contributed by atoms with Gasteiger partial charge in [0, 0.05) is 43.6 Å². The third-order valence-corrected chi connectivity index (χ3v) is 4.82. The standard InChI is InChI=1S/C21H23N5O3/c1-15-13-19(23-17-3-5-18(28-2)6-4-17)24-21(22-15)26-10-8-25(9-11-26)20(27)16-7-12-29-14-16/h3-7,12-14H,8-11H2,1-2H3,(H,22,23,24). The van der Waals surface area contributed by atoms with Crippen molar-refractivity contribution in [1.82, 2.24) is 14.9 Å². The van der Waals surface area contributed by atoms with Gasteiger partial charge in [0.15, 0.2) is 0 Å². The number of aryl methyl sites for hydroxylation is 1. The van der Waals surface area contributed by atoms with Crippen molar-refractivity contribution in [3.63, 3.8) is 0 Å². The summed E-state index contributed by atoms with van der Waals surface area (Å²) in [5.74, 6) is 2.19. The van der Waals surface area contributed by atoms with Crippen LogP contribution in [0.2, 0.25) is 0 Å². The Hall–Kier alpha value is -3.55. The summed E-state index contributed by atoms with van der Waals surface area (Å²) in [5, 5.41) is 3.31. The summed E-state index contributed by atoms with van der Waals surface area (Å²) in [6.45, 7) is 4.53. The minimum atomic E-state index is -0.00887. The van der Waals surface area contributed by atoms with E-state index in [9.17, 15) is 4.79 Å². The van der Waals surface area contributed by atoms with Gasteiger partial charge in [-0.3, -0.25) is 4.79 Å². The highest BCUT2D eigenvalue weighted by molar-refractivity contribution is 5.94. The average Bonchev–Trinajstić information content (AvgIpc) is 3.28. The van der Waals surface area contributed by atoms with Gasteiger partial charge >= 0.3 is 0 Å². The number of carbonyl (C=O) groups excluding carboxylic acids is 1. The average molecular weight is 393 g/mol. The van der Waals surface area contributed by atoms with Gasteiger partial charge in [0.05, 0.1) is 18.9 Å². The van der Waals surface area contributed by atoms with E-state index in [4.69, 9.17) is 9.15 Å². The molecule has 1 aromatic carbocycles. The fraction of sp³-hybridized carbons (Fsp3) is 0.286. The Balaban J connectivity index is 1.43. The molecule has 1 amide bonds. The van der Waals surface area contributed by atoms with E-state index in [-0.39, 0.29) is 5.91 Å². The van der Waals surface area contributed by atoms with Crippen molar-refractivity contribution in [3.8, 4) is 5.75 Å². The highest BCUT2D eigenvalue weighted by Gasteiger charge is 2.24. The highest BCUT2D eigenvalue weighted by Crippen LogP contribution is 2.22. The predicted octanol–water partition coefficient (Wildman–Crippen LogP) is 3.09. The van der Waals surface area contributed by atoms with Gasteiger partial charge < -0.3 is 24.3 Å². The van der Waals surface area contributed by atoms with Crippen LogP contribution < -0.4 is 15.0 Å². The summed E-state index contributed by atoms with van der Waals surface area (Å²) < 4.78 is 10.2. The summed E-state index contributed by atoms with van der Waals surface area (Å²) in [6.07, 6.45) is 3.00. The number of nitrogens with one attached hydrogen (secondary N) is 1. The van der Waals surface area contributed by atoms with Crippen LogP contribution in [0.4, 0.5) is 17.5 Å². The Morgan fingerprint density at radius 1 is 1.10 bits per heavy atom. The number of rotatable bonds is 5.